The standard InChI is InChI=1S/C21H36O5/c1-12(2)7-9-15-19(24)18(16(22)11-14(5)6)20(25)21(15,26)17(23)10-8-13(3)4/h12-15,17,23,25-26H,7-11H2,1-6H3/t15-,17?,21?/m1/s1. The molecule has 0 aromatic carbocycles. The summed E-state index contributed by atoms with van der Waals surface area (Å²) in [4.78, 5) is 25.4. The van der Waals surface area contributed by atoms with E-state index in [1.807, 2.05) is 41.5 Å². The van der Waals surface area contributed by atoms with Gasteiger partial charge in [0.2, 0.25) is 0 Å². The molecule has 5 nitrogen and oxygen atoms in total. The largest absolute Gasteiger partial charge is 0.508 e. The van der Waals surface area contributed by atoms with Gasteiger partial charge < -0.3 is 15.3 Å². The van der Waals surface area contributed by atoms with E-state index in [9.17, 15) is 24.9 Å². The van der Waals surface area contributed by atoms with Crippen LogP contribution in [0.3, 0.4) is 0 Å². The number of ketones is 2. The lowest BCUT2D eigenvalue weighted by Gasteiger charge is -2.34. The van der Waals surface area contributed by atoms with Crippen LogP contribution < -0.4 is 0 Å². The van der Waals surface area contributed by atoms with E-state index < -0.39 is 34.9 Å². The van der Waals surface area contributed by atoms with E-state index in [2.05, 4.69) is 0 Å². The van der Waals surface area contributed by atoms with Crippen LogP contribution in [0.4, 0.5) is 0 Å². The highest BCUT2D eigenvalue weighted by Gasteiger charge is 2.58. The predicted molar refractivity (Wildman–Crippen MR) is 102 cm³/mol. The summed E-state index contributed by atoms with van der Waals surface area (Å²) < 4.78 is 0. The molecule has 3 N–H and O–H groups in total. The Labute approximate surface area is 157 Å². The monoisotopic (exact) mass is 368 g/mol. The topological polar surface area (TPSA) is 94.8 Å². The van der Waals surface area contributed by atoms with Crippen molar-refractivity contribution in [1.82, 2.24) is 0 Å². The van der Waals surface area contributed by atoms with E-state index in [1.165, 1.54) is 0 Å². The summed E-state index contributed by atoms with van der Waals surface area (Å²) in [5, 5.41) is 32.5. The Bertz CT molecular complexity index is 547. The molecule has 0 radical (unpaired) electrons. The number of carbonyl (C=O) groups excluding carboxylic acids is 2. The molecule has 1 aliphatic carbocycles. The lowest BCUT2D eigenvalue weighted by atomic mass is 9.78. The first-order valence-electron chi connectivity index (χ1n) is 9.84. The van der Waals surface area contributed by atoms with Gasteiger partial charge in [-0.1, -0.05) is 48.0 Å². The minimum atomic E-state index is -2.07. The molecular formula is C21H36O5. The van der Waals surface area contributed by atoms with E-state index in [1.54, 1.807) is 0 Å². The van der Waals surface area contributed by atoms with Gasteiger partial charge in [-0.15, -0.1) is 0 Å². The Morgan fingerprint density at radius 3 is 2.00 bits per heavy atom. The van der Waals surface area contributed by atoms with Crippen molar-refractivity contribution in [3.05, 3.63) is 11.3 Å². The van der Waals surface area contributed by atoms with Crippen LogP contribution in [0, 0.1) is 23.7 Å². The minimum Gasteiger partial charge on any atom is -0.508 e. The highest BCUT2D eigenvalue weighted by atomic mass is 16.4. The van der Waals surface area contributed by atoms with Crippen LogP contribution in [-0.2, 0) is 9.59 Å². The summed E-state index contributed by atoms with van der Waals surface area (Å²) in [6.07, 6.45) is 0.741. The van der Waals surface area contributed by atoms with Gasteiger partial charge in [0.05, 0.1) is 12.0 Å². The number of aliphatic hydroxyl groups excluding tert-OH is 2. The first-order chi connectivity index (χ1) is 11.9. The van der Waals surface area contributed by atoms with Crippen LogP contribution >= 0.6 is 0 Å². The third-order valence-corrected chi connectivity index (χ3v) is 5.14. The Balaban J connectivity index is 3.24. The molecule has 150 valence electrons. The molecule has 3 atom stereocenters. The van der Waals surface area contributed by atoms with Gasteiger partial charge in [-0.25, -0.2) is 0 Å². The number of aliphatic hydroxyl groups is 3. The van der Waals surface area contributed by atoms with Crippen molar-refractivity contribution in [3.63, 3.8) is 0 Å². The zero-order valence-electron chi connectivity index (χ0n) is 17.1. The molecule has 0 heterocycles. The quantitative estimate of drug-likeness (QED) is 0.512. The molecule has 1 aliphatic rings. The first-order valence-corrected chi connectivity index (χ1v) is 9.84. The Morgan fingerprint density at radius 1 is 1.00 bits per heavy atom. The van der Waals surface area contributed by atoms with Crippen molar-refractivity contribution >= 4 is 11.6 Å². The third-order valence-electron chi connectivity index (χ3n) is 5.14. The van der Waals surface area contributed by atoms with Gasteiger partial charge in [0, 0.05) is 6.42 Å². The van der Waals surface area contributed by atoms with E-state index in [0.717, 1.165) is 0 Å². The van der Waals surface area contributed by atoms with Gasteiger partial charge in [-0.2, -0.15) is 0 Å². The lowest BCUT2D eigenvalue weighted by molar-refractivity contribution is -0.137. The molecule has 0 aromatic heterocycles. The van der Waals surface area contributed by atoms with E-state index in [0.29, 0.717) is 31.1 Å². The van der Waals surface area contributed by atoms with Crippen LogP contribution in [0.2, 0.25) is 0 Å². The van der Waals surface area contributed by atoms with Gasteiger partial charge in [0.1, 0.15) is 11.3 Å². The molecule has 0 aromatic rings. The number of allylic oxidation sites excluding steroid dienone is 1. The molecule has 2 unspecified atom stereocenters. The fraction of sp³-hybridized carbons (Fsp3) is 0.810. The van der Waals surface area contributed by atoms with E-state index in [4.69, 9.17) is 0 Å². The Morgan fingerprint density at radius 2 is 1.54 bits per heavy atom. The number of Topliss-reactive ketones (excluding diaryl/α,β-unsaturated/α-hetero) is 2. The van der Waals surface area contributed by atoms with Crippen LogP contribution in [0.5, 0.6) is 0 Å². The van der Waals surface area contributed by atoms with Gasteiger partial charge >= 0.3 is 0 Å². The zero-order chi connectivity index (χ0) is 20.2. The number of carbonyl (C=O) groups is 2. The van der Waals surface area contributed by atoms with Crippen molar-refractivity contribution in [1.29, 1.82) is 0 Å². The zero-order valence-corrected chi connectivity index (χ0v) is 17.1. The molecule has 0 bridgehead atoms. The lowest BCUT2D eigenvalue weighted by Crippen LogP contribution is -2.49. The average molecular weight is 369 g/mol. The number of hydrogen-bond donors (Lipinski definition) is 3. The minimum absolute atomic E-state index is 0.0317. The highest BCUT2D eigenvalue weighted by Crippen LogP contribution is 2.44. The van der Waals surface area contributed by atoms with E-state index in [-0.39, 0.29) is 24.3 Å². The summed E-state index contributed by atoms with van der Waals surface area (Å²) in [5.41, 5.74) is -2.37. The Hall–Kier alpha value is -1.20. The van der Waals surface area contributed by atoms with Crippen molar-refractivity contribution in [2.45, 2.75) is 85.4 Å². The Kier molecular flexibility index (Phi) is 8.03. The third kappa shape index (κ3) is 4.95. The van der Waals surface area contributed by atoms with Gasteiger partial charge in [-0.3, -0.25) is 9.59 Å². The molecule has 26 heavy (non-hydrogen) atoms. The van der Waals surface area contributed by atoms with Crippen LogP contribution in [0.25, 0.3) is 0 Å². The molecule has 0 amide bonds. The maximum atomic E-state index is 12.9. The summed E-state index contributed by atoms with van der Waals surface area (Å²) in [6, 6.07) is 0. The summed E-state index contributed by atoms with van der Waals surface area (Å²) in [5.74, 6) is -1.94. The molecule has 0 spiro atoms. The van der Waals surface area contributed by atoms with Gasteiger partial charge in [-0.05, 0) is 37.0 Å². The van der Waals surface area contributed by atoms with Crippen LogP contribution in [0.15, 0.2) is 11.3 Å². The smallest absolute Gasteiger partial charge is 0.176 e. The van der Waals surface area contributed by atoms with Crippen molar-refractivity contribution < 1.29 is 24.9 Å². The normalized spacial score (nSPS) is 25.0. The number of hydrogen-bond acceptors (Lipinski definition) is 5. The number of rotatable bonds is 10. The van der Waals surface area contributed by atoms with Gasteiger partial charge in [0.25, 0.3) is 0 Å². The van der Waals surface area contributed by atoms with E-state index >= 15 is 0 Å². The first kappa shape index (κ1) is 22.8. The second-order valence-corrected chi connectivity index (χ2v) is 8.95. The van der Waals surface area contributed by atoms with Crippen molar-refractivity contribution in [3.8, 4) is 0 Å². The van der Waals surface area contributed by atoms with Gasteiger partial charge in [0.15, 0.2) is 17.2 Å². The second-order valence-electron chi connectivity index (χ2n) is 8.95. The molecular weight excluding hydrogens is 332 g/mol. The molecule has 0 aliphatic heterocycles. The molecule has 0 saturated heterocycles. The van der Waals surface area contributed by atoms with Crippen LogP contribution in [-0.4, -0.2) is 38.6 Å². The molecule has 0 fully saturated rings. The molecule has 5 heteroatoms. The summed E-state index contributed by atoms with van der Waals surface area (Å²) in [6.45, 7) is 11.7. The van der Waals surface area contributed by atoms with Crippen molar-refractivity contribution in [2.24, 2.45) is 23.7 Å². The SMILES string of the molecule is CC(C)CCC(O)C1(O)C(O)=C(C(=O)CC(C)C)C(=O)[C@H]1CCC(C)C. The highest BCUT2D eigenvalue weighted by molar-refractivity contribution is 6.23. The average Bonchev–Trinajstić information content (AvgIpc) is 2.69. The molecule has 0 saturated carbocycles. The maximum absolute atomic E-state index is 12.9. The van der Waals surface area contributed by atoms with Crippen LogP contribution in [0.1, 0.15) is 73.6 Å². The predicted octanol–water partition coefficient (Wildman–Crippen LogP) is 3.58. The van der Waals surface area contributed by atoms with Crippen molar-refractivity contribution in [2.75, 3.05) is 0 Å². The second kappa shape index (κ2) is 9.14. The molecule has 1 rings (SSSR count). The summed E-state index contributed by atoms with van der Waals surface area (Å²) in [7, 11) is 0. The fourth-order valence-electron chi connectivity index (χ4n) is 3.55. The maximum Gasteiger partial charge on any atom is 0.176 e. The fourth-order valence-corrected chi connectivity index (χ4v) is 3.55. The summed E-state index contributed by atoms with van der Waals surface area (Å²) >= 11 is 0.